The van der Waals surface area contributed by atoms with Crippen molar-refractivity contribution >= 4 is 23.2 Å². The van der Waals surface area contributed by atoms with Crippen molar-refractivity contribution in [1.82, 2.24) is 0 Å². The van der Waals surface area contributed by atoms with Crippen LogP contribution in [0.25, 0.3) is 0 Å². The normalized spacial score (nSPS) is 8.38. The van der Waals surface area contributed by atoms with E-state index in [0.717, 1.165) is 0 Å². The minimum atomic E-state index is -1.73. The van der Waals surface area contributed by atoms with Crippen molar-refractivity contribution in [3.63, 3.8) is 0 Å². The van der Waals surface area contributed by atoms with E-state index < -0.39 is 15.4 Å². The predicted molar refractivity (Wildman–Crippen MR) is 26.8 cm³/mol. The van der Waals surface area contributed by atoms with Gasteiger partial charge in [0.15, 0.2) is 0 Å². The van der Waals surface area contributed by atoms with Crippen molar-refractivity contribution in [1.29, 1.82) is 0 Å². The molecule has 46 valence electrons. The van der Waals surface area contributed by atoms with Crippen LogP contribution in [0.2, 0.25) is 0 Å². The summed E-state index contributed by atoms with van der Waals surface area (Å²) in [4.78, 5) is 8.03. The molecule has 0 saturated heterocycles. The third kappa shape index (κ3) is 2.09. The lowest BCUT2D eigenvalue weighted by molar-refractivity contribution is -0.447. The zero-order valence-corrected chi connectivity index (χ0v) is 4.91. The van der Waals surface area contributed by atoms with E-state index in [0.29, 0.717) is 0 Å². The highest BCUT2D eigenvalue weighted by molar-refractivity contribution is 6.55. The molecule has 8 heavy (non-hydrogen) atoms. The maximum Gasteiger partial charge on any atom is 0.450 e. The molecule has 0 saturated carbocycles. The summed E-state index contributed by atoms with van der Waals surface area (Å²) in [5, 5.41) is 9.34. The van der Waals surface area contributed by atoms with Gasteiger partial charge in [0, 0.05) is 0 Å². The zero-order valence-electron chi connectivity index (χ0n) is 3.40. The smallest absolute Gasteiger partial charge is 0.256 e. The molecule has 0 fully saturated rings. The van der Waals surface area contributed by atoms with Crippen LogP contribution in [-0.2, 0) is 0 Å². The molecule has 0 aromatic heterocycles. The second-order valence-electron chi connectivity index (χ2n) is 0.808. The van der Waals surface area contributed by atoms with Gasteiger partial charge in [0.2, 0.25) is 4.49 Å². The quantitative estimate of drug-likeness (QED) is 0.333. The molecule has 0 radical (unpaired) electrons. The molecule has 0 spiro atoms. The van der Waals surface area contributed by atoms with E-state index in [1.807, 2.05) is 0 Å². The van der Waals surface area contributed by atoms with Crippen molar-refractivity contribution in [2.45, 2.75) is 0 Å². The van der Waals surface area contributed by atoms with Crippen LogP contribution in [0.15, 0.2) is 10.4 Å². The van der Waals surface area contributed by atoms with Gasteiger partial charge in [-0.3, -0.25) is 10.1 Å². The molecule has 0 N–H and O–H groups in total. The Morgan fingerprint density at radius 1 is 1.62 bits per heavy atom. The molecule has 3 nitrogen and oxygen atoms in total. The molecule has 0 aromatic carbocycles. The lowest BCUT2D eigenvalue weighted by atomic mass is 11.0. The number of hydrogen-bond acceptors (Lipinski definition) is 2. The maximum absolute atomic E-state index is 11.6. The molecule has 0 atom stereocenters. The highest BCUT2D eigenvalue weighted by atomic mass is 35.5. The van der Waals surface area contributed by atoms with Crippen LogP contribution >= 0.6 is 23.2 Å². The molecular weight excluding hydrogens is 160 g/mol. The van der Waals surface area contributed by atoms with Crippen molar-refractivity contribution in [3.8, 4) is 0 Å². The number of rotatable bonds is 1. The number of hydrogen-bond donors (Lipinski definition) is 0. The van der Waals surface area contributed by atoms with Gasteiger partial charge >= 0.3 is 5.95 Å². The van der Waals surface area contributed by atoms with Gasteiger partial charge in [-0.2, -0.15) is 0 Å². The molecule has 0 rings (SSSR count). The van der Waals surface area contributed by atoms with Gasteiger partial charge in [-0.1, -0.05) is 23.2 Å². The summed E-state index contributed by atoms with van der Waals surface area (Å²) in [6.07, 6.45) is 0. The SMILES string of the molecule is O=[N+]([O-])C(F)=C(Cl)Cl. The molecule has 6 heteroatoms. The molecule has 0 heterocycles. The Hall–Kier alpha value is -0.350. The van der Waals surface area contributed by atoms with Crippen LogP contribution in [0.1, 0.15) is 0 Å². The first kappa shape index (κ1) is 7.65. The van der Waals surface area contributed by atoms with E-state index in [1.165, 1.54) is 0 Å². The Morgan fingerprint density at radius 2 is 2.00 bits per heavy atom. The highest BCUT2D eigenvalue weighted by Crippen LogP contribution is 2.14. The van der Waals surface area contributed by atoms with E-state index in [2.05, 4.69) is 23.2 Å². The van der Waals surface area contributed by atoms with Crippen molar-refractivity contribution < 1.29 is 9.31 Å². The molecule has 0 aliphatic carbocycles. The molecule has 0 amide bonds. The van der Waals surface area contributed by atoms with Gasteiger partial charge in [-0.05, 0) is 0 Å². The van der Waals surface area contributed by atoms with Gasteiger partial charge in [0.05, 0.1) is 4.92 Å². The molecule has 0 bridgehead atoms. The fourth-order valence-electron chi connectivity index (χ4n) is 0.0690. The Balaban J connectivity index is 4.23. The summed E-state index contributed by atoms with van der Waals surface area (Å²) in [6.45, 7) is 0. The zero-order chi connectivity index (χ0) is 6.73. The Kier molecular flexibility index (Phi) is 2.71. The largest absolute Gasteiger partial charge is 0.450 e. The van der Waals surface area contributed by atoms with Crippen LogP contribution in [0.5, 0.6) is 0 Å². The number of nitrogens with zero attached hydrogens (tertiary/aromatic N) is 1. The maximum atomic E-state index is 11.6. The van der Waals surface area contributed by atoms with Crippen LogP contribution in [0.3, 0.4) is 0 Å². The van der Waals surface area contributed by atoms with Crippen molar-refractivity contribution in [2.24, 2.45) is 0 Å². The minimum Gasteiger partial charge on any atom is -0.256 e. The standard InChI is InChI=1S/C2Cl2FNO2/c3-1(4)2(5)6(7)8. The first-order valence-electron chi connectivity index (χ1n) is 1.41. The summed E-state index contributed by atoms with van der Waals surface area (Å²) in [5.41, 5.74) is 0. The average molecular weight is 160 g/mol. The Labute approximate surface area is 53.8 Å². The fourth-order valence-corrected chi connectivity index (χ4v) is 0.207. The van der Waals surface area contributed by atoms with Crippen LogP contribution in [0, 0.1) is 10.1 Å². The number of nitro groups is 1. The summed E-state index contributed by atoms with van der Waals surface area (Å²) in [5.74, 6) is -1.73. The molecule has 0 aliphatic rings. The van der Waals surface area contributed by atoms with Crippen molar-refractivity contribution in [2.75, 3.05) is 0 Å². The summed E-state index contributed by atoms with van der Waals surface area (Å²) in [6, 6.07) is 0. The molecule has 0 aromatic rings. The van der Waals surface area contributed by atoms with Crippen LogP contribution in [-0.4, -0.2) is 4.92 Å². The highest BCUT2D eigenvalue weighted by Gasteiger charge is 2.12. The average Bonchev–Trinajstić information content (AvgIpc) is 1.64. The van der Waals surface area contributed by atoms with Gasteiger partial charge in [-0.25, -0.2) is 0 Å². The Bertz CT molecular complexity index is 141. The monoisotopic (exact) mass is 159 g/mol. The second-order valence-corrected chi connectivity index (χ2v) is 1.76. The van der Waals surface area contributed by atoms with E-state index in [4.69, 9.17) is 0 Å². The first-order chi connectivity index (χ1) is 3.55. The third-order valence-electron chi connectivity index (χ3n) is 0.316. The third-order valence-corrected chi connectivity index (χ3v) is 0.628. The lowest BCUT2D eigenvalue weighted by Gasteiger charge is -1.80. The predicted octanol–water partition coefficient (Wildman–Crippen LogP) is 1.84. The summed E-state index contributed by atoms with van der Waals surface area (Å²) in [7, 11) is 0. The second kappa shape index (κ2) is 2.84. The number of halogens is 3. The van der Waals surface area contributed by atoms with E-state index in [-0.39, 0.29) is 0 Å². The summed E-state index contributed by atoms with van der Waals surface area (Å²) < 4.78 is 10.6. The van der Waals surface area contributed by atoms with E-state index >= 15 is 0 Å². The van der Waals surface area contributed by atoms with Crippen LogP contribution < -0.4 is 0 Å². The molecular formula is C2Cl2FNO2. The van der Waals surface area contributed by atoms with E-state index in [9.17, 15) is 14.5 Å². The fraction of sp³-hybridized carbons (Fsp3) is 0. The van der Waals surface area contributed by atoms with Gasteiger partial charge in [0.25, 0.3) is 0 Å². The van der Waals surface area contributed by atoms with E-state index in [1.54, 1.807) is 0 Å². The molecule has 0 aliphatic heterocycles. The van der Waals surface area contributed by atoms with Gasteiger partial charge < -0.3 is 0 Å². The lowest BCUT2D eigenvalue weighted by Crippen LogP contribution is -1.91. The molecule has 0 unspecified atom stereocenters. The van der Waals surface area contributed by atoms with Crippen LogP contribution in [0.4, 0.5) is 4.39 Å². The van der Waals surface area contributed by atoms with Crippen molar-refractivity contribution in [3.05, 3.63) is 20.6 Å². The minimum absolute atomic E-state index is 0.963. The first-order valence-corrected chi connectivity index (χ1v) is 2.16. The van der Waals surface area contributed by atoms with Gasteiger partial charge in [-0.15, -0.1) is 4.39 Å². The summed E-state index contributed by atoms with van der Waals surface area (Å²) >= 11 is 9.30. The topological polar surface area (TPSA) is 43.1 Å². The Morgan fingerprint density at radius 3 is 2.00 bits per heavy atom. The van der Waals surface area contributed by atoms with Gasteiger partial charge in [0.1, 0.15) is 0 Å².